The van der Waals surface area contributed by atoms with Crippen LogP contribution >= 0.6 is 0 Å². The van der Waals surface area contributed by atoms with Gasteiger partial charge in [-0.1, -0.05) is 55.7 Å². The van der Waals surface area contributed by atoms with Gasteiger partial charge in [-0.15, -0.1) is 0 Å². The average molecular weight is 341 g/mol. The Balaban J connectivity index is 1.50. The molecule has 2 saturated heterocycles. The molecule has 1 aromatic rings. The van der Waals surface area contributed by atoms with Gasteiger partial charge in [0.25, 0.3) is 0 Å². The topological polar surface area (TPSA) is 8.88 Å². The van der Waals surface area contributed by atoms with E-state index in [-0.39, 0.29) is 0 Å². The maximum atomic E-state index is 2.42. The summed E-state index contributed by atoms with van der Waals surface area (Å²) < 4.78 is 0. The Morgan fingerprint density at radius 1 is 0.960 bits per heavy atom. The van der Waals surface area contributed by atoms with E-state index in [0.29, 0.717) is 0 Å². The normalized spacial score (nSPS) is 34.0. The molecule has 0 spiro atoms. The van der Waals surface area contributed by atoms with Crippen molar-refractivity contribution in [2.24, 2.45) is 5.92 Å². The maximum absolute atomic E-state index is 2.42. The highest BCUT2D eigenvalue weighted by molar-refractivity contribution is 5.52. The van der Waals surface area contributed by atoms with Crippen LogP contribution in [0.3, 0.4) is 0 Å². The van der Waals surface area contributed by atoms with Crippen molar-refractivity contribution < 1.29 is 9.80 Å². The summed E-state index contributed by atoms with van der Waals surface area (Å²) in [6, 6.07) is 12.8. The van der Waals surface area contributed by atoms with Crippen molar-refractivity contribution in [2.75, 3.05) is 26.2 Å². The summed E-state index contributed by atoms with van der Waals surface area (Å²) >= 11 is 0. The van der Waals surface area contributed by atoms with Crippen molar-refractivity contribution in [2.45, 2.75) is 64.0 Å². The van der Waals surface area contributed by atoms with E-state index in [4.69, 9.17) is 0 Å². The Morgan fingerprint density at radius 2 is 1.76 bits per heavy atom. The third-order valence-electron chi connectivity index (χ3n) is 7.09. The standard InChI is InChI=1S/C23H34N2/c1-19(17-20-9-4-2-5-10-20)18-25-16-15-24-14-8-13-22(24)23(25)21-11-6-3-7-12-21/h2,4-5,9-10,17,21-23H,3,6-8,11-16,18H2,1H3/p+2/b19-17+/t22-,23+/m1/s1. The number of fused-ring (bicyclic) bond motifs is 1. The molecule has 2 heterocycles. The fraction of sp³-hybridized carbons (Fsp3) is 0.652. The zero-order valence-electron chi connectivity index (χ0n) is 16.0. The van der Waals surface area contributed by atoms with Gasteiger partial charge >= 0.3 is 0 Å². The second kappa shape index (κ2) is 8.05. The second-order valence-corrected chi connectivity index (χ2v) is 8.82. The first-order valence-electron chi connectivity index (χ1n) is 10.7. The van der Waals surface area contributed by atoms with Gasteiger partial charge in [-0.05, 0) is 30.9 Å². The van der Waals surface area contributed by atoms with Crippen molar-refractivity contribution in [3.63, 3.8) is 0 Å². The van der Waals surface area contributed by atoms with Gasteiger partial charge in [0.2, 0.25) is 0 Å². The summed E-state index contributed by atoms with van der Waals surface area (Å²) in [5, 5.41) is 0. The number of rotatable bonds is 4. The van der Waals surface area contributed by atoms with Gasteiger partial charge in [0, 0.05) is 18.8 Å². The van der Waals surface area contributed by atoms with Crippen molar-refractivity contribution >= 4 is 6.08 Å². The molecule has 4 rings (SSSR count). The number of hydrogen-bond acceptors (Lipinski definition) is 0. The molecule has 2 unspecified atom stereocenters. The molecule has 2 N–H and O–H groups in total. The Hall–Kier alpha value is -1.12. The lowest BCUT2D eigenvalue weighted by Gasteiger charge is -2.44. The molecule has 3 aliphatic rings. The fourth-order valence-corrected chi connectivity index (χ4v) is 6.06. The molecule has 1 saturated carbocycles. The molecule has 0 aromatic heterocycles. The highest BCUT2D eigenvalue weighted by atomic mass is 15.3. The molecule has 136 valence electrons. The van der Waals surface area contributed by atoms with E-state index >= 15 is 0 Å². The van der Waals surface area contributed by atoms with Crippen LogP contribution in [0.15, 0.2) is 35.9 Å². The molecular formula is C23H36N2+2. The first-order chi connectivity index (χ1) is 12.3. The van der Waals surface area contributed by atoms with Gasteiger partial charge in [0.1, 0.15) is 25.2 Å². The molecule has 1 aliphatic carbocycles. The largest absolute Gasteiger partial charge is 0.323 e. The van der Waals surface area contributed by atoms with Crippen LogP contribution in [0.1, 0.15) is 57.4 Å². The van der Waals surface area contributed by atoms with Crippen LogP contribution < -0.4 is 9.80 Å². The minimum atomic E-state index is 0.922. The number of quaternary nitrogens is 2. The summed E-state index contributed by atoms with van der Waals surface area (Å²) in [5.41, 5.74) is 2.92. The summed E-state index contributed by atoms with van der Waals surface area (Å²) in [6.07, 6.45) is 12.8. The maximum Gasteiger partial charge on any atom is 0.143 e. The van der Waals surface area contributed by atoms with Gasteiger partial charge in [0.15, 0.2) is 0 Å². The predicted octanol–water partition coefficient (Wildman–Crippen LogP) is 1.98. The zero-order chi connectivity index (χ0) is 17.1. The molecular weight excluding hydrogens is 304 g/mol. The minimum absolute atomic E-state index is 0.922. The van der Waals surface area contributed by atoms with Gasteiger partial charge in [0.05, 0.1) is 13.1 Å². The van der Waals surface area contributed by atoms with E-state index in [9.17, 15) is 0 Å². The first kappa shape index (κ1) is 17.3. The summed E-state index contributed by atoms with van der Waals surface area (Å²) in [5.74, 6) is 0.992. The third kappa shape index (κ3) is 4.01. The van der Waals surface area contributed by atoms with E-state index in [1.54, 1.807) is 5.57 Å². The molecule has 0 amide bonds. The SMILES string of the molecule is C/C(=C\c1ccccc1)C[NH+]1CC[NH+]2CCC[C@@H]2[C@@H]1C1CCCCC1. The molecule has 0 bridgehead atoms. The van der Waals surface area contributed by atoms with Crippen LogP contribution in [-0.4, -0.2) is 38.3 Å². The molecule has 3 fully saturated rings. The van der Waals surface area contributed by atoms with E-state index < -0.39 is 0 Å². The Labute approximate surface area is 153 Å². The van der Waals surface area contributed by atoms with Gasteiger partial charge in [-0.25, -0.2) is 0 Å². The van der Waals surface area contributed by atoms with Crippen LogP contribution in [0, 0.1) is 5.92 Å². The van der Waals surface area contributed by atoms with E-state index in [1.807, 2.05) is 9.80 Å². The number of piperazine rings is 1. The lowest BCUT2D eigenvalue weighted by molar-refractivity contribution is -1.04. The highest BCUT2D eigenvalue weighted by Crippen LogP contribution is 2.28. The van der Waals surface area contributed by atoms with E-state index in [1.165, 1.54) is 76.7 Å². The van der Waals surface area contributed by atoms with Crippen LogP contribution in [0.2, 0.25) is 0 Å². The summed E-state index contributed by atoms with van der Waals surface area (Å²) in [6.45, 7) is 7.83. The van der Waals surface area contributed by atoms with Crippen LogP contribution in [0.4, 0.5) is 0 Å². The molecule has 2 nitrogen and oxygen atoms in total. The van der Waals surface area contributed by atoms with E-state index in [0.717, 1.165) is 18.0 Å². The van der Waals surface area contributed by atoms with Crippen LogP contribution in [0.25, 0.3) is 6.08 Å². The lowest BCUT2D eigenvalue weighted by Crippen LogP contribution is -3.32. The summed E-state index contributed by atoms with van der Waals surface area (Å²) in [7, 11) is 0. The Kier molecular flexibility index (Phi) is 5.57. The van der Waals surface area contributed by atoms with Crippen LogP contribution in [-0.2, 0) is 0 Å². The van der Waals surface area contributed by atoms with Crippen molar-refractivity contribution in [1.29, 1.82) is 0 Å². The molecule has 4 atom stereocenters. The van der Waals surface area contributed by atoms with Gasteiger partial charge in [-0.2, -0.15) is 0 Å². The van der Waals surface area contributed by atoms with Crippen molar-refractivity contribution in [3.8, 4) is 0 Å². The number of hydrogen-bond donors (Lipinski definition) is 2. The monoisotopic (exact) mass is 340 g/mol. The smallest absolute Gasteiger partial charge is 0.143 e. The molecule has 25 heavy (non-hydrogen) atoms. The molecule has 2 heteroatoms. The number of nitrogens with one attached hydrogen (secondary N) is 2. The Bertz CT molecular complexity index is 573. The average Bonchev–Trinajstić information content (AvgIpc) is 3.11. The Morgan fingerprint density at radius 3 is 2.56 bits per heavy atom. The molecule has 1 aromatic carbocycles. The van der Waals surface area contributed by atoms with Crippen molar-refractivity contribution in [1.82, 2.24) is 0 Å². The third-order valence-corrected chi connectivity index (χ3v) is 7.09. The van der Waals surface area contributed by atoms with Crippen LogP contribution in [0.5, 0.6) is 0 Å². The second-order valence-electron chi connectivity index (χ2n) is 8.82. The van der Waals surface area contributed by atoms with E-state index in [2.05, 4.69) is 43.3 Å². The highest BCUT2D eigenvalue weighted by Gasteiger charge is 2.49. The quantitative estimate of drug-likeness (QED) is 0.829. The lowest BCUT2D eigenvalue weighted by atomic mass is 9.78. The molecule has 2 aliphatic heterocycles. The van der Waals surface area contributed by atoms with Crippen molar-refractivity contribution in [3.05, 3.63) is 41.5 Å². The predicted molar refractivity (Wildman–Crippen MR) is 105 cm³/mol. The molecule has 0 radical (unpaired) electrons. The van der Waals surface area contributed by atoms with Gasteiger partial charge < -0.3 is 9.80 Å². The number of benzene rings is 1. The summed E-state index contributed by atoms with van der Waals surface area (Å²) in [4.78, 5) is 3.86. The van der Waals surface area contributed by atoms with Gasteiger partial charge in [-0.3, -0.25) is 0 Å². The fourth-order valence-electron chi connectivity index (χ4n) is 6.06. The first-order valence-corrected chi connectivity index (χ1v) is 10.7. The minimum Gasteiger partial charge on any atom is -0.323 e. The zero-order valence-corrected chi connectivity index (χ0v) is 16.0.